The second-order valence-electron chi connectivity index (χ2n) is 4.86. The largest absolute Gasteiger partial charge is 0.351 e. The molecule has 4 nitrogen and oxygen atoms in total. The average Bonchev–Trinajstić information content (AvgIpc) is 2.93. The van der Waals surface area contributed by atoms with E-state index in [-0.39, 0.29) is 5.91 Å². The molecule has 0 bridgehead atoms. The van der Waals surface area contributed by atoms with Gasteiger partial charge < -0.3 is 14.8 Å². The lowest BCUT2D eigenvalue weighted by Gasteiger charge is -2.11. The van der Waals surface area contributed by atoms with E-state index in [1.54, 1.807) is 11.3 Å². The zero-order valence-electron chi connectivity index (χ0n) is 11.8. The van der Waals surface area contributed by atoms with E-state index in [2.05, 4.69) is 33.2 Å². The number of aromatic nitrogens is 1. The van der Waals surface area contributed by atoms with Gasteiger partial charge in [-0.1, -0.05) is 0 Å². The van der Waals surface area contributed by atoms with Crippen LogP contribution in [0.15, 0.2) is 17.5 Å². The van der Waals surface area contributed by atoms with Gasteiger partial charge in [-0.3, -0.25) is 4.79 Å². The Morgan fingerprint density at radius 2 is 2.26 bits per heavy atom. The van der Waals surface area contributed by atoms with E-state index < -0.39 is 0 Å². The maximum Gasteiger partial charge on any atom is 0.267 e. The van der Waals surface area contributed by atoms with Crippen LogP contribution in [0.4, 0.5) is 0 Å². The Kier molecular flexibility index (Phi) is 4.61. The molecule has 0 fully saturated rings. The van der Waals surface area contributed by atoms with Gasteiger partial charge in [-0.2, -0.15) is 0 Å². The number of fused-ring (bicyclic) bond motifs is 1. The van der Waals surface area contributed by atoms with E-state index in [0.717, 1.165) is 37.3 Å². The van der Waals surface area contributed by atoms with Crippen LogP contribution in [0.1, 0.15) is 23.8 Å². The summed E-state index contributed by atoms with van der Waals surface area (Å²) in [6.07, 6.45) is 0.972. The Hall–Kier alpha value is -1.33. The highest BCUT2D eigenvalue weighted by atomic mass is 32.1. The van der Waals surface area contributed by atoms with Crippen LogP contribution in [-0.4, -0.2) is 42.6 Å². The van der Waals surface area contributed by atoms with E-state index in [0.29, 0.717) is 0 Å². The number of amides is 1. The van der Waals surface area contributed by atoms with Gasteiger partial charge in [0.1, 0.15) is 5.69 Å². The topological polar surface area (TPSA) is 37.3 Å². The molecular weight excluding hydrogens is 258 g/mol. The Morgan fingerprint density at radius 3 is 2.95 bits per heavy atom. The highest BCUT2D eigenvalue weighted by Gasteiger charge is 2.14. The minimum Gasteiger partial charge on any atom is -0.351 e. The Morgan fingerprint density at radius 1 is 1.47 bits per heavy atom. The van der Waals surface area contributed by atoms with Crippen LogP contribution >= 0.6 is 11.3 Å². The van der Waals surface area contributed by atoms with Gasteiger partial charge in [0, 0.05) is 13.1 Å². The third-order valence-corrected chi connectivity index (χ3v) is 3.99. The fourth-order valence-electron chi connectivity index (χ4n) is 2.19. The Labute approximate surface area is 118 Å². The standard InChI is InChI=1S/C14H21N3OS/c1-4-17-11-6-9-19-13(11)10-12(17)14(18)15-7-5-8-16(2)3/h6,9-10H,4-5,7-8H2,1-3H3,(H,15,18). The van der Waals surface area contributed by atoms with Gasteiger partial charge >= 0.3 is 0 Å². The first kappa shape index (κ1) is 14.1. The number of carbonyl (C=O) groups excluding carboxylic acids is 1. The lowest BCUT2D eigenvalue weighted by Crippen LogP contribution is -2.28. The van der Waals surface area contributed by atoms with Gasteiger partial charge in [-0.15, -0.1) is 11.3 Å². The predicted octanol–water partition coefficient (Wildman–Crippen LogP) is 2.40. The molecule has 0 aliphatic carbocycles. The number of nitrogens with one attached hydrogen (secondary N) is 1. The van der Waals surface area contributed by atoms with Gasteiger partial charge in [-0.25, -0.2) is 0 Å². The molecule has 0 saturated carbocycles. The number of carbonyl (C=O) groups is 1. The van der Waals surface area contributed by atoms with Crippen LogP contribution in [-0.2, 0) is 6.54 Å². The van der Waals surface area contributed by atoms with Gasteiger partial charge in [0.05, 0.1) is 10.2 Å². The molecule has 2 heterocycles. The summed E-state index contributed by atoms with van der Waals surface area (Å²) >= 11 is 1.68. The monoisotopic (exact) mass is 279 g/mol. The highest BCUT2D eigenvalue weighted by molar-refractivity contribution is 7.17. The molecular formula is C14H21N3OS. The van der Waals surface area contributed by atoms with Crippen LogP contribution in [0.2, 0.25) is 0 Å². The van der Waals surface area contributed by atoms with E-state index in [1.165, 1.54) is 4.70 Å². The molecule has 1 amide bonds. The lowest BCUT2D eigenvalue weighted by atomic mass is 10.3. The number of thiophene rings is 1. The maximum atomic E-state index is 12.2. The molecule has 0 aliphatic rings. The summed E-state index contributed by atoms with van der Waals surface area (Å²) in [5.74, 6) is 0.0315. The molecule has 0 aromatic carbocycles. The molecule has 5 heteroatoms. The summed E-state index contributed by atoms with van der Waals surface area (Å²) in [5, 5.41) is 5.06. The molecule has 2 rings (SSSR count). The molecule has 0 radical (unpaired) electrons. The summed E-state index contributed by atoms with van der Waals surface area (Å²) < 4.78 is 3.26. The normalized spacial score (nSPS) is 11.4. The molecule has 1 N–H and O–H groups in total. The number of hydrogen-bond donors (Lipinski definition) is 1. The van der Waals surface area contributed by atoms with Gasteiger partial charge in [0.25, 0.3) is 5.91 Å². The lowest BCUT2D eigenvalue weighted by molar-refractivity contribution is 0.0943. The van der Waals surface area contributed by atoms with Crippen molar-refractivity contribution in [3.63, 3.8) is 0 Å². The predicted molar refractivity (Wildman–Crippen MR) is 81.0 cm³/mol. The van der Waals surface area contributed by atoms with E-state index in [9.17, 15) is 4.79 Å². The smallest absolute Gasteiger partial charge is 0.267 e. The van der Waals surface area contributed by atoms with Crippen LogP contribution in [0.3, 0.4) is 0 Å². The van der Waals surface area contributed by atoms with Crippen molar-refractivity contribution in [2.45, 2.75) is 19.9 Å². The zero-order chi connectivity index (χ0) is 13.8. The van der Waals surface area contributed by atoms with Crippen LogP contribution < -0.4 is 5.32 Å². The molecule has 0 saturated heterocycles. The molecule has 0 atom stereocenters. The van der Waals surface area contributed by atoms with Crippen LogP contribution in [0, 0.1) is 0 Å². The first-order chi connectivity index (χ1) is 9.13. The highest BCUT2D eigenvalue weighted by Crippen LogP contribution is 2.25. The van der Waals surface area contributed by atoms with Crippen molar-refractivity contribution in [1.82, 2.24) is 14.8 Å². The minimum absolute atomic E-state index is 0.0315. The van der Waals surface area contributed by atoms with Crippen molar-refractivity contribution in [2.75, 3.05) is 27.2 Å². The second kappa shape index (κ2) is 6.21. The van der Waals surface area contributed by atoms with Gasteiger partial charge in [0.15, 0.2) is 0 Å². The van der Waals surface area contributed by atoms with E-state index in [1.807, 2.05) is 20.2 Å². The molecule has 0 aliphatic heterocycles. The third kappa shape index (κ3) is 3.16. The molecule has 104 valence electrons. The first-order valence-electron chi connectivity index (χ1n) is 6.63. The average molecular weight is 279 g/mol. The van der Waals surface area contributed by atoms with E-state index in [4.69, 9.17) is 0 Å². The van der Waals surface area contributed by atoms with Crippen molar-refractivity contribution in [3.05, 3.63) is 23.2 Å². The quantitative estimate of drug-likeness (QED) is 0.825. The Balaban J connectivity index is 2.02. The van der Waals surface area contributed by atoms with Crippen molar-refractivity contribution in [2.24, 2.45) is 0 Å². The fraction of sp³-hybridized carbons (Fsp3) is 0.500. The van der Waals surface area contributed by atoms with Crippen LogP contribution in [0.25, 0.3) is 10.2 Å². The van der Waals surface area contributed by atoms with E-state index >= 15 is 0 Å². The molecule has 2 aromatic rings. The first-order valence-corrected chi connectivity index (χ1v) is 7.51. The molecule has 0 spiro atoms. The molecule has 19 heavy (non-hydrogen) atoms. The fourth-order valence-corrected chi connectivity index (χ4v) is 3.02. The van der Waals surface area contributed by atoms with Crippen molar-refractivity contribution in [1.29, 1.82) is 0 Å². The molecule has 2 aromatic heterocycles. The van der Waals surface area contributed by atoms with Crippen molar-refractivity contribution in [3.8, 4) is 0 Å². The van der Waals surface area contributed by atoms with Crippen LogP contribution in [0.5, 0.6) is 0 Å². The molecule has 0 unspecified atom stereocenters. The third-order valence-electron chi connectivity index (χ3n) is 3.14. The number of hydrogen-bond acceptors (Lipinski definition) is 3. The van der Waals surface area contributed by atoms with Gasteiger partial charge in [0.2, 0.25) is 0 Å². The second-order valence-corrected chi connectivity index (χ2v) is 5.80. The number of aryl methyl sites for hydroxylation is 1. The summed E-state index contributed by atoms with van der Waals surface area (Å²) in [5.41, 5.74) is 1.93. The number of nitrogens with zero attached hydrogens (tertiary/aromatic N) is 2. The van der Waals surface area contributed by atoms with Crippen molar-refractivity contribution >= 4 is 27.5 Å². The summed E-state index contributed by atoms with van der Waals surface area (Å²) in [4.78, 5) is 14.3. The summed E-state index contributed by atoms with van der Waals surface area (Å²) in [6.45, 7) is 4.60. The van der Waals surface area contributed by atoms with Crippen molar-refractivity contribution < 1.29 is 4.79 Å². The maximum absolute atomic E-state index is 12.2. The minimum atomic E-state index is 0.0315. The number of rotatable bonds is 6. The SMILES string of the molecule is CCn1c(C(=O)NCCCN(C)C)cc2sccc21. The summed E-state index contributed by atoms with van der Waals surface area (Å²) in [7, 11) is 4.08. The van der Waals surface area contributed by atoms with Gasteiger partial charge in [-0.05, 0) is 51.5 Å². The summed E-state index contributed by atoms with van der Waals surface area (Å²) in [6, 6.07) is 4.07. The zero-order valence-corrected chi connectivity index (χ0v) is 12.6. The Bertz CT molecular complexity index is 556.